The van der Waals surface area contributed by atoms with E-state index >= 15 is 0 Å². The molecule has 1 aliphatic rings. The predicted octanol–water partition coefficient (Wildman–Crippen LogP) is 3.41. The van der Waals surface area contributed by atoms with E-state index in [9.17, 15) is 0 Å². The fraction of sp³-hybridized carbons (Fsp3) is 0.467. The first-order valence-electron chi connectivity index (χ1n) is 7.05. The average Bonchev–Trinajstić information content (AvgIpc) is 3.12. The van der Waals surface area contributed by atoms with Gasteiger partial charge in [-0.3, -0.25) is 0 Å². The molecular formula is C15H20N4S. The lowest BCUT2D eigenvalue weighted by molar-refractivity contribution is 0.749. The maximum absolute atomic E-state index is 6.08. The largest absolute Gasteiger partial charge is 0.383 e. The molecule has 4 nitrogen and oxygen atoms in total. The number of rotatable bonds is 5. The zero-order valence-electron chi connectivity index (χ0n) is 11.9. The second-order valence-corrected chi connectivity index (χ2v) is 6.42. The summed E-state index contributed by atoms with van der Waals surface area (Å²) in [4.78, 5) is 11.1. The Labute approximate surface area is 123 Å². The SMILES string of the molecule is CC(C)c1c(N)ncnc1N(Cc1ccsc1)C1CC1. The van der Waals surface area contributed by atoms with E-state index in [0.29, 0.717) is 17.8 Å². The molecule has 1 fully saturated rings. The summed E-state index contributed by atoms with van der Waals surface area (Å²) in [5.41, 5.74) is 8.50. The average molecular weight is 288 g/mol. The van der Waals surface area contributed by atoms with Crippen LogP contribution in [0.15, 0.2) is 23.2 Å². The first-order chi connectivity index (χ1) is 9.66. The molecule has 3 rings (SSSR count). The van der Waals surface area contributed by atoms with E-state index in [1.165, 1.54) is 18.4 Å². The molecule has 0 amide bonds. The molecule has 0 saturated heterocycles. The Kier molecular flexibility index (Phi) is 3.61. The quantitative estimate of drug-likeness (QED) is 0.916. The molecule has 2 heterocycles. The van der Waals surface area contributed by atoms with Crippen molar-refractivity contribution in [2.75, 3.05) is 10.6 Å². The molecule has 1 aliphatic carbocycles. The molecule has 1 saturated carbocycles. The summed E-state index contributed by atoms with van der Waals surface area (Å²) in [5, 5.41) is 4.33. The zero-order chi connectivity index (χ0) is 14.1. The number of anilines is 2. The van der Waals surface area contributed by atoms with Crippen molar-refractivity contribution in [1.82, 2.24) is 9.97 Å². The van der Waals surface area contributed by atoms with Crippen molar-refractivity contribution >= 4 is 23.0 Å². The minimum Gasteiger partial charge on any atom is -0.383 e. The van der Waals surface area contributed by atoms with Gasteiger partial charge < -0.3 is 10.6 Å². The Morgan fingerprint density at radius 1 is 1.40 bits per heavy atom. The van der Waals surface area contributed by atoms with E-state index in [4.69, 9.17) is 5.73 Å². The van der Waals surface area contributed by atoms with Gasteiger partial charge in [0.2, 0.25) is 0 Å². The number of thiophene rings is 1. The second kappa shape index (κ2) is 5.40. The summed E-state index contributed by atoms with van der Waals surface area (Å²) in [5.74, 6) is 1.96. The fourth-order valence-corrected chi connectivity index (χ4v) is 3.18. The Hall–Kier alpha value is -1.62. The van der Waals surface area contributed by atoms with E-state index in [0.717, 1.165) is 17.9 Å². The lowest BCUT2D eigenvalue weighted by Crippen LogP contribution is -2.27. The van der Waals surface area contributed by atoms with Gasteiger partial charge in [0.15, 0.2) is 0 Å². The Bertz CT molecular complexity index is 576. The van der Waals surface area contributed by atoms with Gasteiger partial charge in [0.25, 0.3) is 0 Å². The molecule has 2 N–H and O–H groups in total. The van der Waals surface area contributed by atoms with Crippen LogP contribution in [0.2, 0.25) is 0 Å². The van der Waals surface area contributed by atoms with Crippen LogP contribution in [0, 0.1) is 0 Å². The van der Waals surface area contributed by atoms with Gasteiger partial charge in [-0.05, 0) is 41.1 Å². The van der Waals surface area contributed by atoms with Crippen molar-refractivity contribution in [2.45, 2.75) is 45.2 Å². The van der Waals surface area contributed by atoms with Gasteiger partial charge >= 0.3 is 0 Å². The Morgan fingerprint density at radius 3 is 2.80 bits per heavy atom. The van der Waals surface area contributed by atoms with E-state index in [1.807, 2.05) is 0 Å². The third-order valence-corrected chi connectivity index (χ3v) is 4.40. The maximum atomic E-state index is 6.08. The molecule has 5 heteroatoms. The summed E-state index contributed by atoms with van der Waals surface area (Å²) in [6.07, 6.45) is 4.07. The molecule has 2 aromatic heterocycles. The molecular weight excluding hydrogens is 268 g/mol. The lowest BCUT2D eigenvalue weighted by Gasteiger charge is -2.27. The molecule has 0 bridgehead atoms. The minimum absolute atomic E-state index is 0.329. The highest BCUT2D eigenvalue weighted by Gasteiger charge is 2.32. The van der Waals surface area contributed by atoms with Crippen molar-refractivity contribution < 1.29 is 0 Å². The molecule has 106 valence electrons. The van der Waals surface area contributed by atoms with Crippen molar-refractivity contribution in [3.05, 3.63) is 34.3 Å². The molecule has 0 spiro atoms. The highest BCUT2D eigenvalue weighted by Crippen LogP contribution is 2.37. The summed E-state index contributed by atoms with van der Waals surface area (Å²) in [6.45, 7) is 5.20. The number of hydrogen-bond acceptors (Lipinski definition) is 5. The summed E-state index contributed by atoms with van der Waals surface area (Å²) >= 11 is 1.74. The third-order valence-electron chi connectivity index (χ3n) is 3.66. The molecule has 0 unspecified atom stereocenters. The van der Waals surface area contributed by atoms with Gasteiger partial charge in [0.05, 0.1) is 0 Å². The molecule has 0 aromatic carbocycles. The van der Waals surface area contributed by atoms with Gasteiger partial charge in [-0.15, -0.1) is 0 Å². The maximum Gasteiger partial charge on any atom is 0.138 e. The van der Waals surface area contributed by atoms with Gasteiger partial charge in [0, 0.05) is 18.2 Å². The lowest BCUT2D eigenvalue weighted by atomic mass is 10.0. The number of nitrogens with zero attached hydrogens (tertiary/aromatic N) is 3. The highest BCUT2D eigenvalue weighted by atomic mass is 32.1. The van der Waals surface area contributed by atoms with Crippen LogP contribution in [0.5, 0.6) is 0 Å². The van der Waals surface area contributed by atoms with E-state index < -0.39 is 0 Å². The van der Waals surface area contributed by atoms with Crippen LogP contribution in [-0.2, 0) is 6.54 Å². The van der Waals surface area contributed by atoms with E-state index in [1.54, 1.807) is 17.7 Å². The van der Waals surface area contributed by atoms with Crippen molar-refractivity contribution in [3.63, 3.8) is 0 Å². The Balaban J connectivity index is 1.97. The standard InChI is InChI=1S/C15H20N4S/c1-10(2)13-14(16)17-9-18-15(13)19(12-3-4-12)7-11-5-6-20-8-11/h5-6,8-10,12H,3-4,7H2,1-2H3,(H2,16,17,18). The number of nitrogens with two attached hydrogens (primary N) is 1. The number of nitrogen functional groups attached to an aromatic ring is 1. The monoisotopic (exact) mass is 288 g/mol. The van der Waals surface area contributed by atoms with E-state index in [-0.39, 0.29) is 0 Å². The van der Waals surface area contributed by atoms with Crippen LogP contribution >= 0.6 is 11.3 Å². The van der Waals surface area contributed by atoms with Crippen molar-refractivity contribution in [2.24, 2.45) is 0 Å². The second-order valence-electron chi connectivity index (χ2n) is 5.64. The zero-order valence-corrected chi connectivity index (χ0v) is 12.7. The van der Waals surface area contributed by atoms with E-state index in [2.05, 4.69) is 45.5 Å². The van der Waals surface area contributed by atoms with Gasteiger partial charge in [-0.2, -0.15) is 11.3 Å². The third kappa shape index (κ3) is 2.63. The van der Waals surface area contributed by atoms with Gasteiger partial charge in [-0.1, -0.05) is 13.8 Å². The molecule has 20 heavy (non-hydrogen) atoms. The molecule has 0 radical (unpaired) electrons. The normalized spacial score (nSPS) is 14.8. The fourth-order valence-electron chi connectivity index (χ4n) is 2.52. The first kappa shape index (κ1) is 13.4. The van der Waals surface area contributed by atoms with Crippen LogP contribution in [0.25, 0.3) is 0 Å². The van der Waals surface area contributed by atoms with Crippen molar-refractivity contribution in [3.8, 4) is 0 Å². The van der Waals surface area contributed by atoms with Crippen LogP contribution < -0.4 is 10.6 Å². The number of hydrogen-bond donors (Lipinski definition) is 1. The first-order valence-corrected chi connectivity index (χ1v) is 7.99. The number of aromatic nitrogens is 2. The summed E-state index contributed by atoms with van der Waals surface area (Å²) < 4.78 is 0. The van der Waals surface area contributed by atoms with Crippen LogP contribution in [0.3, 0.4) is 0 Å². The van der Waals surface area contributed by atoms with Crippen LogP contribution in [-0.4, -0.2) is 16.0 Å². The molecule has 0 atom stereocenters. The van der Waals surface area contributed by atoms with Crippen LogP contribution in [0.4, 0.5) is 11.6 Å². The van der Waals surface area contributed by atoms with Gasteiger partial charge in [0.1, 0.15) is 18.0 Å². The summed E-state index contributed by atoms with van der Waals surface area (Å²) in [7, 11) is 0. The molecule has 2 aromatic rings. The van der Waals surface area contributed by atoms with Crippen molar-refractivity contribution in [1.29, 1.82) is 0 Å². The Morgan fingerprint density at radius 2 is 2.20 bits per heavy atom. The molecule has 0 aliphatic heterocycles. The predicted molar refractivity (Wildman–Crippen MR) is 84.1 cm³/mol. The topological polar surface area (TPSA) is 55.0 Å². The highest BCUT2D eigenvalue weighted by molar-refractivity contribution is 7.07. The smallest absolute Gasteiger partial charge is 0.138 e. The van der Waals surface area contributed by atoms with Crippen LogP contribution in [0.1, 0.15) is 43.7 Å². The minimum atomic E-state index is 0.329. The van der Waals surface area contributed by atoms with Gasteiger partial charge in [-0.25, -0.2) is 9.97 Å². The summed E-state index contributed by atoms with van der Waals surface area (Å²) in [6, 6.07) is 2.78.